The van der Waals surface area contributed by atoms with Crippen molar-refractivity contribution in [2.45, 2.75) is 51.5 Å². The third-order valence-corrected chi connectivity index (χ3v) is 3.57. The predicted molar refractivity (Wildman–Crippen MR) is 73.1 cm³/mol. The van der Waals surface area contributed by atoms with E-state index < -0.39 is 6.61 Å². The molecule has 0 aliphatic heterocycles. The molecular formula is C15H21F2NO2. The molecule has 0 spiro atoms. The molecule has 5 heteroatoms. The van der Waals surface area contributed by atoms with Gasteiger partial charge in [-0.05, 0) is 44.4 Å². The lowest BCUT2D eigenvalue weighted by Crippen LogP contribution is -2.46. The third kappa shape index (κ3) is 4.15. The van der Waals surface area contributed by atoms with Gasteiger partial charge in [0.2, 0.25) is 0 Å². The quantitative estimate of drug-likeness (QED) is 0.831. The average molecular weight is 285 g/mol. The van der Waals surface area contributed by atoms with Crippen molar-refractivity contribution in [3.05, 3.63) is 29.8 Å². The summed E-state index contributed by atoms with van der Waals surface area (Å²) in [6.45, 7) is 1.99. The minimum absolute atomic E-state index is 0.101. The maximum Gasteiger partial charge on any atom is 0.387 e. The zero-order valence-electron chi connectivity index (χ0n) is 11.8. The molecule has 0 saturated heterocycles. The minimum Gasteiger partial charge on any atom is -0.435 e. The van der Waals surface area contributed by atoms with Crippen LogP contribution in [0.15, 0.2) is 24.3 Å². The van der Waals surface area contributed by atoms with Gasteiger partial charge in [0.25, 0.3) is 0 Å². The minimum atomic E-state index is -2.79. The smallest absolute Gasteiger partial charge is 0.387 e. The van der Waals surface area contributed by atoms with Gasteiger partial charge in [-0.25, -0.2) is 0 Å². The molecule has 0 bridgehead atoms. The van der Waals surface area contributed by atoms with E-state index >= 15 is 0 Å². The van der Waals surface area contributed by atoms with Gasteiger partial charge in [0.15, 0.2) is 0 Å². The zero-order chi connectivity index (χ0) is 14.5. The highest BCUT2D eigenvalue weighted by atomic mass is 19.3. The molecule has 1 saturated carbocycles. The third-order valence-electron chi connectivity index (χ3n) is 3.57. The fraction of sp³-hybridized carbons (Fsp3) is 0.600. The summed E-state index contributed by atoms with van der Waals surface area (Å²) < 4.78 is 34.3. The lowest BCUT2D eigenvalue weighted by atomic mass is 9.88. The van der Waals surface area contributed by atoms with Crippen molar-refractivity contribution in [3.63, 3.8) is 0 Å². The Balaban J connectivity index is 1.85. The van der Waals surface area contributed by atoms with Crippen molar-refractivity contribution >= 4 is 0 Å². The summed E-state index contributed by atoms with van der Waals surface area (Å²) in [5.41, 5.74) is 0.947. The molecule has 1 aromatic rings. The number of alkyl halides is 2. The Labute approximate surface area is 118 Å². The second-order valence-corrected chi connectivity index (χ2v) is 5.09. The van der Waals surface area contributed by atoms with Crippen LogP contribution >= 0.6 is 0 Å². The van der Waals surface area contributed by atoms with Crippen molar-refractivity contribution in [2.75, 3.05) is 6.61 Å². The molecule has 3 nitrogen and oxygen atoms in total. The fourth-order valence-corrected chi connectivity index (χ4v) is 2.48. The molecule has 0 amide bonds. The summed E-state index contributed by atoms with van der Waals surface area (Å²) in [5, 5.41) is 3.48. The first-order chi connectivity index (χ1) is 9.58. The summed E-state index contributed by atoms with van der Waals surface area (Å²) in [7, 11) is 0. The maximum absolute atomic E-state index is 12.2. The molecule has 1 aliphatic rings. The van der Waals surface area contributed by atoms with Gasteiger partial charge in [0.1, 0.15) is 5.75 Å². The van der Waals surface area contributed by atoms with Crippen LogP contribution < -0.4 is 10.1 Å². The topological polar surface area (TPSA) is 30.5 Å². The Morgan fingerprint density at radius 3 is 2.75 bits per heavy atom. The Morgan fingerprint density at radius 1 is 1.35 bits per heavy atom. The van der Waals surface area contributed by atoms with Gasteiger partial charge < -0.3 is 14.8 Å². The number of rotatable bonds is 7. The van der Waals surface area contributed by atoms with Gasteiger partial charge in [0, 0.05) is 18.7 Å². The Kier molecular flexibility index (Phi) is 5.31. The highest BCUT2D eigenvalue weighted by Gasteiger charge is 2.30. The average Bonchev–Trinajstić information content (AvgIpc) is 2.35. The highest BCUT2D eigenvalue weighted by molar-refractivity contribution is 5.30. The fourth-order valence-electron chi connectivity index (χ4n) is 2.48. The molecule has 112 valence electrons. The van der Waals surface area contributed by atoms with Crippen LogP contribution in [-0.4, -0.2) is 25.4 Å². The van der Waals surface area contributed by atoms with E-state index in [9.17, 15) is 8.78 Å². The van der Waals surface area contributed by atoms with E-state index in [4.69, 9.17) is 4.74 Å². The summed E-state index contributed by atoms with van der Waals surface area (Å²) in [4.78, 5) is 0. The van der Waals surface area contributed by atoms with Gasteiger partial charge in [-0.15, -0.1) is 0 Å². The van der Waals surface area contributed by atoms with E-state index in [0.717, 1.165) is 25.0 Å². The SMILES string of the molecule is CCOC1CC(NC(C)c2cccc(OC(F)F)c2)C1. The van der Waals surface area contributed by atoms with Crippen LogP contribution in [0.4, 0.5) is 8.78 Å². The normalized spacial score (nSPS) is 23.4. The zero-order valence-corrected chi connectivity index (χ0v) is 11.8. The largest absolute Gasteiger partial charge is 0.435 e. The molecule has 2 rings (SSSR count). The highest BCUT2D eigenvalue weighted by Crippen LogP contribution is 2.27. The number of hydrogen-bond acceptors (Lipinski definition) is 3. The molecule has 1 fully saturated rings. The van der Waals surface area contributed by atoms with Gasteiger partial charge in [-0.2, -0.15) is 8.78 Å². The molecular weight excluding hydrogens is 264 g/mol. The second-order valence-electron chi connectivity index (χ2n) is 5.09. The van der Waals surface area contributed by atoms with Crippen LogP contribution in [0, 0.1) is 0 Å². The van der Waals surface area contributed by atoms with E-state index in [2.05, 4.69) is 10.1 Å². The molecule has 1 N–H and O–H groups in total. The lowest BCUT2D eigenvalue weighted by molar-refractivity contribution is -0.0499. The number of benzene rings is 1. The van der Waals surface area contributed by atoms with E-state index in [1.165, 1.54) is 6.07 Å². The molecule has 1 atom stereocenters. The number of ether oxygens (including phenoxy) is 2. The number of hydrogen-bond donors (Lipinski definition) is 1. The first-order valence-electron chi connectivity index (χ1n) is 7.01. The van der Waals surface area contributed by atoms with Gasteiger partial charge in [-0.3, -0.25) is 0 Å². The van der Waals surface area contributed by atoms with Crippen molar-refractivity contribution in [2.24, 2.45) is 0 Å². The molecule has 0 aromatic heterocycles. The molecule has 1 aliphatic carbocycles. The Hall–Kier alpha value is -1.20. The van der Waals surface area contributed by atoms with Crippen LogP contribution in [0.2, 0.25) is 0 Å². The van der Waals surface area contributed by atoms with Gasteiger partial charge in [-0.1, -0.05) is 12.1 Å². The summed E-state index contributed by atoms with van der Waals surface area (Å²) in [6.07, 6.45) is 2.37. The molecule has 1 unspecified atom stereocenters. The maximum atomic E-state index is 12.2. The first-order valence-corrected chi connectivity index (χ1v) is 7.01. The summed E-state index contributed by atoms with van der Waals surface area (Å²) >= 11 is 0. The van der Waals surface area contributed by atoms with Crippen molar-refractivity contribution in [1.29, 1.82) is 0 Å². The molecule has 0 heterocycles. The number of halogens is 2. The predicted octanol–water partition coefficient (Wildman–Crippen LogP) is 3.51. The van der Waals surface area contributed by atoms with Crippen LogP contribution in [0.25, 0.3) is 0 Å². The van der Waals surface area contributed by atoms with E-state index in [-0.39, 0.29) is 11.8 Å². The van der Waals surface area contributed by atoms with Crippen LogP contribution in [0.3, 0.4) is 0 Å². The van der Waals surface area contributed by atoms with Crippen molar-refractivity contribution < 1.29 is 18.3 Å². The Morgan fingerprint density at radius 2 is 2.10 bits per heavy atom. The van der Waals surface area contributed by atoms with Gasteiger partial charge in [0.05, 0.1) is 6.10 Å². The summed E-state index contributed by atoms with van der Waals surface area (Å²) in [5.74, 6) is 0.201. The van der Waals surface area contributed by atoms with E-state index in [1.807, 2.05) is 19.9 Å². The Bertz CT molecular complexity index is 422. The lowest BCUT2D eigenvalue weighted by Gasteiger charge is -2.37. The second kappa shape index (κ2) is 6.99. The van der Waals surface area contributed by atoms with Crippen LogP contribution in [0.5, 0.6) is 5.75 Å². The van der Waals surface area contributed by atoms with Crippen LogP contribution in [0.1, 0.15) is 38.3 Å². The van der Waals surface area contributed by atoms with E-state index in [1.54, 1.807) is 12.1 Å². The van der Waals surface area contributed by atoms with Crippen molar-refractivity contribution in [3.8, 4) is 5.75 Å². The van der Waals surface area contributed by atoms with Gasteiger partial charge >= 0.3 is 6.61 Å². The summed E-state index contributed by atoms with van der Waals surface area (Å²) in [6, 6.07) is 7.37. The van der Waals surface area contributed by atoms with Crippen molar-refractivity contribution in [1.82, 2.24) is 5.32 Å². The molecule has 1 aromatic carbocycles. The van der Waals surface area contributed by atoms with Crippen LogP contribution in [-0.2, 0) is 4.74 Å². The monoisotopic (exact) mass is 285 g/mol. The molecule has 20 heavy (non-hydrogen) atoms. The standard InChI is InChI=1S/C15H21F2NO2/c1-3-19-14-8-12(9-14)18-10(2)11-5-4-6-13(7-11)20-15(16)17/h4-7,10,12,14-15,18H,3,8-9H2,1-2H3. The van der Waals surface area contributed by atoms with E-state index in [0.29, 0.717) is 12.1 Å². The number of nitrogens with one attached hydrogen (secondary N) is 1. The molecule has 0 radical (unpaired) electrons. The first kappa shape index (κ1) is 15.2.